The van der Waals surface area contributed by atoms with Gasteiger partial charge in [0.1, 0.15) is 0 Å². The molecular formula is C12H24N2O2. The molecule has 94 valence electrons. The molecule has 0 amide bonds. The lowest BCUT2D eigenvalue weighted by Crippen LogP contribution is -2.43. The van der Waals surface area contributed by atoms with E-state index in [1.807, 2.05) is 13.8 Å². The van der Waals surface area contributed by atoms with Crippen molar-refractivity contribution in [3.8, 4) is 0 Å². The molecule has 2 N–H and O–H groups in total. The van der Waals surface area contributed by atoms with Crippen molar-refractivity contribution >= 4 is 0 Å². The van der Waals surface area contributed by atoms with Crippen molar-refractivity contribution in [2.45, 2.75) is 51.0 Å². The van der Waals surface area contributed by atoms with Crippen LogP contribution in [-0.2, 0) is 9.47 Å². The Morgan fingerprint density at radius 3 is 2.81 bits per heavy atom. The number of piperidine rings is 1. The van der Waals surface area contributed by atoms with Gasteiger partial charge in [-0.05, 0) is 33.2 Å². The number of ether oxygens (including phenoxy) is 2. The van der Waals surface area contributed by atoms with E-state index in [0.29, 0.717) is 12.6 Å². The number of hydrogen-bond acceptors (Lipinski definition) is 4. The van der Waals surface area contributed by atoms with Crippen molar-refractivity contribution < 1.29 is 9.47 Å². The van der Waals surface area contributed by atoms with Crippen LogP contribution in [0.5, 0.6) is 0 Å². The summed E-state index contributed by atoms with van der Waals surface area (Å²) in [4.78, 5) is 0. The van der Waals surface area contributed by atoms with Gasteiger partial charge in [0.05, 0.1) is 12.7 Å². The lowest BCUT2D eigenvalue weighted by Gasteiger charge is -2.24. The molecule has 0 radical (unpaired) electrons. The third-order valence-electron chi connectivity index (χ3n) is 3.24. The first kappa shape index (κ1) is 12.3. The zero-order valence-electron chi connectivity index (χ0n) is 10.4. The molecule has 2 saturated heterocycles. The molecule has 0 aliphatic carbocycles. The fourth-order valence-electron chi connectivity index (χ4n) is 2.38. The fraction of sp³-hybridized carbons (Fsp3) is 1.00. The fourth-order valence-corrected chi connectivity index (χ4v) is 2.38. The second kappa shape index (κ2) is 5.45. The van der Waals surface area contributed by atoms with Gasteiger partial charge in [0, 0.05) is 19.1 Å². The summed E-state index contributed by atoms with van der Waals surface area (Å²) in [6.07, 6.45) is 4.18. The molecular weight excluding hydrogens is 204 g/mol. The molecule has 2 unspecified atom stereocenters. The monoisotopic (exact) mass is 228 g/mol. The molecule has 0 aromatic heterocycles. The summed E-state index contributed by atoms with van der Waals surface area (Å²) in [7, 11) is 0. The quantitative estimate of drug-likeness (QED) is 0.749. The molecule has 2 fully saturated rings. The first-order valence-electron chi connectivity index (χ1n) is 6.41. The first-order chi connectivity index (χ1) is 7.66. The van der Waals surface area contributed by atoms with Crippen molar-refractivity contribution in [3.63, 3.8) is 0 Å². The Morgan fingerprint density at radius 1 is 1.31 bits per heavy atom. The van der Waals surface area contributed by atoms with Gasteiger partial charge in [-0.15, -0.1) is 0 Å². The van der Waals surface area contributed by atoms with Crippen molar-refractivity contribution in [1.29, 1.82) is 0 Å². The predicted octanol–water partition coefficient (Wildman–Crippen LogP) is 0.870. The molecule has 2 aliphatic heterocycles. The summed E-state index contributed by atoms with van der Waals surface area (Å²) < 4.78 is 11.3. The van der Waals surface area contributed by atoms with Crippen LogP contribution >= 0.6 is 0 Å². The van der Waals surface area contributed by atoms with Gasteiger partial charge in [0.15, 0.2) is 5.79 Å². The highest BCUT2D eigenvalue weighted by Crippen LogP contribution is 2.21. The van der Waals surface area contributed by atoms with Crippen LogP contribution in [0, 0.1) is 0 Å². The third-order valence-corrected chi connectivity index (χ3v) is 3.24. The second-order valence-electron chi connectivity index (χ2n) is 5.26. The molecule has 16 heavy (non-hydrogen) atoms. The van der Waals surface area contributed by atoms with Crippen LogP contribution in [0.2, 0.25) is 0 Å². The van der Waals surface area contributed by atoms with Gasteiger partial charge < -0.3 is 20.1 Å². The molecule has 0 aromatic carbocycles. The molecule has 4 heteroatoms. The largest absolute Gasteiger partial charge is 0.348 e. The van der Waals surface area contributed by atoms with E-state index in [-0.39, 0.29) is 6.10 Å². The minimum Gasteiger partial charge on any atom is -0.348 e. The van der Waals surface area contributed by atoms with E-state index in [9.17, 15) is 0 Å². The molecule has 4 nitrogen and oxygen atoms in total. The maximum atomic E-state index is 5.73. The van der Waals surface area contributed by atoms with Gasteiger partial charge in [-0.3, -0.25) is 0 Å². The summed E-state index contributed by atoms with van der Waals surface area (Å²) in [5.41, 5.74) is 0. The second-order valence-corrected chi connectivity index (χ2v) is 5.26. The average Bonchev–Trinajstić information content (AvgIpc) is 2.60. The topological polar surface area (TPSA) is 42.5 Å². The number of nitrogens with one attached hydrogen (secondary N) is 2. The van der Waals surface area contributed by atoms with Gasteiger partial charge in [-0.25, -0.2) is 0 Å². The normalized spacial score (nSPS) is 34.1. The van der Waals surface area contributed by atoms with Crippen LogP contribution in [0.15, 0.2) is 0 Å². The van der Waals surface area contributed by atoms with E-state index in [4.69, 9.17) is 9.47 Å². The highest BCUT2D eigenvalue weighted by atomic mass is 16.7. The SMILES string of the molecule is CC1(C)OCC(CNCC2CCCCN2)O1. The molecule has 2 atom stereocenters. The highest BCUT2D eigenvalue weighted by Gasteiger charge is 2.32. The van der Waals surface area contributed by atoms with Crippen LogP contribution < -0.4 is 10.6 Å². The third kappa shape index (κ3) is 3.70. The zero-order chi connectivity index (χ0) is 11.4. The molecule has 0 saturated carbocycles. The lowest BCUT2D eigenvalue weighted by molar-refractivity contribution is -0.137. The van der Waals surface area contributed by atoms with Gasteiger partial charge in [0.25, 0.3) is 0 Å². The summed E-state index contributed by atoms with van der Waals surface area (Å²) in [5, 5.41) is 6.99. The van der Waals surface area contributed by atoms with Crippen molar-refractivity contribution in [2.75, 3.05) is 26.2 Å². The molecule has 0 spiro atoms. The Labute approximate surface area is 98.1 Å². The maximum absolute atomic E-state index is 5.73. The van der Waals surface area contributed by atoms with E-state index >= 15 is 0 Å². The first-order valence-corrected chi connectivity index (χ1v) is 6.41. The smallest absolute Gasteiger partial charge is 0.163 e. The highest BCUT2D eigenvalue weighted by molar-refractivity contribution is 4.77. The van der Waals surface area contributed by atoms with Crippen molar-refractivity contribution in [3.05, 3.63) is 0 Å². The van der Waals surface area contributed by atoms with E-state index in [2.05, 4.69) is 10.6 Å². The van der Waals surface area contributed by atoms with Crippen LogP contribution in [0.1, 0.15) is 33.1 Å². The average molecular weight is 228 g/mol. The summed E-state index contributed by atoms with van der Waals surface area (Å²) in [6.45, 7) is 7.74. The Bertz CT molecular complexity index is 215. The zero-order valence-corrected chi connectivity index (χ0v) is 10.4. The minimum absolute atomic E-state index is 0.207. The number of hydrogen-bond donors (Lipinski definition) is 2. The van der Waals surface area contributed by atoms with Crippen LogP contribution in [-0.4, -0.2) is 44.2 Å². The van der Waals surface area contributed by atoms with Crippen LogP contribution in [0.25, 0.3) is 0 Å². The van der Waals surface area contributed by atoms with Crippen LogP contribution in [0.3, 0.4) is 0 Å². The Kier molecular flexibility index (Phi) is 4.19. The van der Waals surface area contributed by atoms with Crippen molar-refractivity contribution in [1.82, 2.24) is 10.6 Å². The van der Waals surface area contributed by atoms with E-state index in [0.717, 1.165) is 13.1 Å². The van der Waals surface area contributed by atoms with Gasteiger partial charge in [-0.2, -0.15) is 0 Å². The summed E-state index contributed by atoms with van der Waals surface area (Å²) >= 11 is 0. The summed E-state index contributed by atoms with van der Waals surface area (Å²) in [6, 6.07) is 0.643. The van der Waals surface area contributed by atoms with Crippen molar-refractivity contribution in [2.24, 2.45) is 0 Å². The Morgan fingerprint density at radius 2 is 2.19 bits per heavy atom. The maximum Gasteiger partial charge on any atom is 0.163 e. The molecule has 0 aromatic rings. The van der Waals surface area contributed by atoms with E-state index in [1.165, 1.54) is 25.8 Å². The van der Waals surface area contributed by atoms with E-state index in [1.54, 1.807) is 0 Å². The van der Waals surface area contributed by atoms with E-state index < -0.39 is 5.79 Å². The predicted molar refractivity (Wildman–Crippen MR) is 63.4 cm³/mol. The Hall–Kier alpha value is -0.160. The van der Waals surface area contributed by atoms with Gasteiger partial charge in [0.2, 0.25) is 0 Å². The molecule has 2 rings (SSSR count). The molecule has 2 aliphatic rings. The Balaban J connectivity index is 1.58. The molecule has 0 bridgehead atoms. The van der Waals surface area contributed by atoms with Crippen LogP contribution in [0.4, 0.5) is 0 Å². The minimum atomic E-state index is -0.393. The van der Waals surface area contributed by atoms with Gasteiger partial charge in [-0.1, -0.05) is 6.42 Å². The van der Waals surface area contributed by atoms with Gasteiger partial charge >= 0.3 is 0 Å². The number of rotatable bonds is 4. The standard InChI is InChI=1S/C12H24N2O2/c1-12(2)15-9-11(16-12)8-13-7-10-5-3-4-6-14-10/h10-11,13-14H,3-9H2,1-2H3. The lowest BCUT2D eigenvalue weighted by atomic mass is 10.1. The summed E-state index contributed by atoms with van der Waals surface area (Å²) in [5.74, 6) is -0.393. The molecule has 2 heterocycles.